The van der Waals surface area contributed by atoms with E-state index in [4.69, 9.17) is 10.2 Å². The summed E-state index contributed by atoms with van der Waals surface area (Å²) < 4.78 is 8.86. The molecule has 19 heavy (non-hydrogen) atoms. The lowest BCUT2D eigenvalue weighted by Crippen LogP contribution is -2.31. The molecule has 0 bridgehead atoms. The molecule has 0 spiro atoms. The van der Waals surface area contributed by atoms with E-state index in [1.54, 1.807) is 0 Å². The Morgan fingerprint density at radius 2 is 1.79 bits per heavy atom. The highest BCUT2D eigenvalue weighted by Crippen LogP contribution is 2.02. The van der Waals surface area contributed by atoms with Gasteiger partial charge >= 0.3 is 17.9 Å². The van der Waals surface area contributed by atoms with E-state index in [0.717, 1.165) is 19.3 Å². The molecule has 0 fully saturated rings. The molecule has 0 saturated heterocycles. The number of carboxylic acids is 1. The van der Waals surface area contributed by atoms with Gasteiger partial charge in [-0.2, -0.15) is 0 Å². The Morgan fingerprint density at radius 3 is 2.00 bits per heavy atom. The Kier molecular flexibility index (Phi) is 8.96. The molecule has 0 aliphatic heterocycles. The number of carboxylic acid groups (broad SMARTS) is 1. The molecule has 7 nitrogen and oxygen atoms in total. The van der Waals surface area contributed by atoms with Crippen molar-refractivity contribution in [1.29, 1.82) is 0 Å². The molecular weight excluding hydrogens is 256 g/mol. The molecule has 0 aromatic carbocycles. The van der Waals surface area contributed by atoms with Crippen LogP contribution < -0.4 is 0 Å². The molecule has 0 aromatic rings. The maximum absolute atomic E-state index is 10.7. The van der Waals surface area contributed by atoms with Crippen LogP contribution in [-0.2, 0) is 23.9 Å². The summed E-state index contributed by atoms with van der Waals surface area (Å²) in [4.78, 5) is 30.9. The molecule has 0 aliphatic carbocycles. The summed E-state index contributed by atoms with van der Waals surface area (Å²) in [6.45, 7) is 10.1. The average Bonchev–Trinajstić information content (AvgIpc) is 2.29. The number of rotatable bonds is 5. The number of hydrogen-bond acceptors (Lipinski definition) is 6. The molecule has 2 N–H and O–H groups in total. The molecule has 0 aromatic heterocycles. The summed E-state index contributed by atoms with van der Waals surface area (Å²) in [5.74, 6) is -2.43. The maximum atomic E-state index is 10.7. The second-order valence-corrected chi connectivity index (χ2v) is 3.51. The smallest absolute Gasteiger partial charge is 0.351 e. The Balaban J connectivity index is 0. The highest BCUT2D eigenvalue weighted by Gasteiger charge is 2.24. The molecule has 2 unspecified atom stereocenters. The lowest BCUT2D eigenvalue weighted by molar-refractivity contribution is -0.161. The predicted octanol–water partition coefficient (Wildman–Crippen LogP) is 0.633. The Bertz CT molecular complexity index is 357. The minimum Gasteiger partial charge on any atom is -0.479 e. The zero-order valence-corrected chi connectivity index (χ0v) is 11.1. The monoisotopic (exact) mass is 274 g/mol. The van der Waals surface area contributed by atoms with Crippen molar-refractivity contribution >= 4 is 17.9 Å². The SMILES string of the molecule is C=CC(C)(O)C(=O)O.C=COC(=O)C(C)OC(C)=O. The topological polar surface area (TPSA) is 110 Å². The average molecular weight is 274 g/mol. The van der Waals surface area contributed by atoms with Crippen LogP contribution in [0, 0.1) is 0 Å². The van der Waals surface area contributed by atoms with Gasteiger partial charge in [-0.1, -0.05) is 13.2 Å². The summed E-state index contributed by atoms with van der Waals surface area (Å²) in [5, 5.41) is 16.8. The third-order valence-electron chi connectivity index (χ3n) is 1.70. The second kappa shape index (κ2) is 8.87. The van der Waals surface area contributed by atoms with Crippen LogP contribution >= 0.6 is 0 Å². The van der Waals surface area contributed by atoms with Gasteiger partial charge in [0.25, 0.3) is 0 Å². The number of esters is 2. The normalized spacial score (nSPS) is 13.7. The zero-order valence-electron chi connectivity index (χ0n) is 11.1. The van der Waals surface area contributed by atoms with Crippen molar-refractivity contribution in [3.63, 3.8) is 0 Å². The van der Waals surface area contributed by atoms with Crippen LogP contribution in [0.1, 0.15) is 20.8 Å². The maximum Gasteiger partial charge on any atom is 0.351 e. The Morgan fingerprint density at radius 1 is 1.32 bits per heavy atom. The second-order valence-electron chi connectivity index (χ2n) is 3.51. The molecule has 108 valence electrons. The number of hydrogen-bond donors (Lipinski definition) is 2. The third-order valence-corrected chi connectivity index (χ3v) is 1.70. The van der Waals surface area contributed by atoms with Gasteiger partial charge in [-0.25, -0.2) is 9.59 Å². The summed E-state index contributed by atoms with van der Waals surface area (Å²) in [6, 6.07) is 0. The van der Waals surface area contributed by atoms with E-state index >= 15 is 0 Å². The van der Waals surface area contributed by atoms with Crippen molar-refractivity contribution in [2.24, 2.45) is 0 Å². The first-order valence-electron chi connectivity index (χ1n) is 5.16. The predicted molar refractivity (Wildman–Crippen MR) is 66.0 cm³/mol. The zero-order chi connectivity index (χ0) is 15.6. The molecule has 0 heterocycles. The fourth-order valence-electron chi connectivity index (χ4n) is 0.562. The van der Waals surface area contributed by atoms with E-state index in [-0.39, 0.29) is 0 Å². The van der Waals surface area contributed by atoms with Gasteiger partial charge in [-0.05, 0) is 19.9 Å². The summed E-state index contributed by atoms with van der Waals surface area (Å²) >= 11 is 0. The standard InChI is InChI=1S/C7H10O4.C5H8O3/c1-4-10-7(9)5(2)11-6(3)8;1-3-5(2,8)4(6)7/h4-5H,1H2,2-3H3;3,8H,1H2,2H3,(H,6,7). The number of carbonyl (C=O) groups is 3. The number of aliphatic hydroxyl groups is 1. The van der Waals surface area contributed by atoms with Gasteiger partial charge in [0.05, 0.1) is 6.26 Å². The van der Waals surface area contributed by atoms with Crippen LogP contribution in [-0.4, -0.2) is 39.8 Å². The highest BCUT2D eigenvalue weighted by atomic mass is 16.6. The van der Waals surface area contributed by atoms with E-state index in [0.29, 0.717) is 0 Å². The minimum absolute atomic E-state index is 0.515. The van der Waals surface area contributed by atoms with Gasteiger partial charge in [-0.3, -0.25) is 4.79 Å². The number of ether oxygens (including phenoxy) is 2. The Hall–Kier alpha value is -2.15. The fraction of sp³-hybridized carbons (Fsp3) is 0.417. The molecule has 0 radical (unpaired) electrons. The van der Waals surface area contributed by atoms with E-state index < -0.39 is 29.6 Å². The summed E-state index contributed by atoms with van der Waals surface area (Å²) in [5.41, 5.74) is -1.78. The van der Waals surface area contributed by atoms with Crippen LogP contribution in [0.4, 0.5) is 0 Å². The van der Waals surface area contributed by atoms with Crippen LogP contribution in [0.25, 0.3) is 0 Å². The first-order chi connectivity index (χ1) is 8.58. The molecule has 0 saturated carbocycles. The van der Waals surface area contributed by atoms with Crippen molar-refractivity contribution in [3.8, 4) is 0 Å². The largest absolute Gasteiger partial charge is 0.479 e. The number of aliphatic carboxylic acids is 1. The van der Waals surface area contributed by atoms with Crippen LogP contribution in [0.5, 0.6) is 0 Å². The fourth-order valence-corrected chi connectivity index (χ4v) is 0.562. The lowest BCUT2D eigenvalue weighted by Gasteiger charge is -2.09. The third kappa shape index (κ3) is 9.54. The molecule has 0 rings (SSSR count). The van der Waals surface area contributed by atoms with Crippen molar-refractivity contribution < 1.29 is 34.1 Å². The van der Waals surface area contributed by atoms with Crippen LogP contribution in [0.3, 0.4) is 0 Å². The van der Waals surface area contributed by atoms with Crippen LogP contribution in [0.2, 0.25) is 0 Å². The Labute approximate surface area is 111 Å². The molecular formula is C12H18O7. The minimum atomic E-state index is -1.78. The first kappa shape index (κ1) is 19.2. The van der Waals surface area contributed by atoms with E-state index in [9.17, 15) is 14.4 Å². The highest BCUT2D eigenvalue weighted by molar-refractivity contribution is 5.79. The van der Waals surface area contributed by atoms with Gasteiger partial charge in [0.15, 0.2) is 11.7 Å². The van der Waals surface area contributed by atoms with Crippen molar-refractivity contribution in [1.82, 2.24) is 0 Å². The van der Waals surface area contributed by atoms with Gasteiger partial charge in [0.2, 0.25) is 0 Å². The molecule has 0 amide bonds. The van der Waals surface area contributed by atoms with Crippen LogP contribution in [0.15, 0.2) is 25.5 Å². The lowest BCUT2D eigenvalue weighted by atomic mass is 10.1. The molecule has 2 atom stereocenters. The van der Waals surface area contributed by atoms with E-state index in [1.165, 1.54) is 13.8 Å². The van der Waals surface area contributed by atoms with Gasteiger partial charge in [-0.15, -0.1) is 0 Å². The van der Waals surface area contributed by atoms with Gasteiger partial charge in [0.1, 0.15) is 0 Å². The summed E-state index contributed by atoms with van der Waals surface area (Å²) in [6.07, 6.45) is 1.09. The quantitative estimate of drug-likeness (QED) is 0.430. The van der Waals surface area contributed by atoms with Crippen molar-refractivity contribution in [3.05, 3.63) is 25.5 Å². The van der Waals surface area contributed by atoms with Crippen molar-refractivity contribution in [2.45, 2.75) is 32.5 Å². The summed E-state index contributed by atoms with van der Waals surface area (Å²) in [7, 11) is 0. The molecule has 0 aliphatic rings. The van der Waals surface area contributed by atoms with E-state index in [2.05, 4.69) is 22.6 Å². The first-order valence-corrected chi connectivity index (χ1v) is 5.16. The molecule has 7 heteroatoms. The van der Waals surface area contributed by atoms with Gasteiger partial charge < -0.3 is 19.7 Å². The number of carbonyl (C=O) groups excluding carboxylic acids is 2. The van der Waals surface area contributed by atoms with Crippen molar-refractivity contribution in [2.75, 3.05) is 0 Å². The van der Waals surface area contributed by atoms with Gasteiger partial charge in [0, 0.05) is 6.92 Å². The van der Waals surface area contributed by atoms with E-state index in [1.807, 2.05) is 0 Å².